The molecule has 0 radical (unpaired) electrons. The van der Waals surface area contributed by atoms with Gasteiger partial charge in [0.15, 0.2) is 5.96 Å². The average Bonchev–Trinajstić information content (AvgIpc) is 2.69. The number of nitro groups is 1. The van der Waals surface area contributed by atoms with Crippen LogP contribution in [0.3, 0.4) is 0 Å². The highest BCUT2D eigenvalue weighted by atomic mass is 16.6. The Hall–Kier alpha value is -2.35. The van der Waals surface area contributed by atoms with Crippen molar-refractivity contribution in [2.75, 3.05) is 44.6 Å². The quantitative estimate of drug-likeness (QED) is 0.157. The number of non-ortho nitro benzene ring substituents is 1. The number of rotatable bonds is 13. The third kappa shape index (κ3) is 9.55. The Morgan fingerprint density at radius 3 is 2.46 bits per heavy atom. The molecular weight excluding hydrogens is 356 g/mol. The number of aliphatic imine (C=N–C) groups is 1. The molecule has 0 amide bonds. The van der Waals surface area contributed by atoms with E-state index in [4.69, 9.17) is 0 Å². The first-order valence-corrected chi connectivity index (χ1v) is 10.3. The second-order valence-electron chi connectivity index (χ2n) is 6.71. The molecule has 1 aromatic carbocycles. The van der Waals surface area contributed by atoms with Crippen molar-refractivity contribution in [2.45, 2.75) is 46.6 Å². The fourth-order valence-electron chi connectivity index (χ4n) is 2.86. The molecule has 8 nitrogen and oxygen atoms in total. The summed E-state index contributed by atoms with van der Waals surface area (Å²) < 4.78 is 0. The highest BCUT2D eigenvalue weighted by Crippen LogP contribution is 2.14. The van der Waals surface area contributed by atoms with E-state index in [0.29, 0.717) is 19.1 Å². The Morgan fingerprint density at radius 1 is 1.21 bits per heavy atom. The monoisotopic (exact) mass is 392 g/mol. The van der Waals surface area contributed by atoms with Crippen molar-refractivity contribution in [3.05, 3.63) is 34.4 Å². The van der Waals surface area contributed by atoms with Crippen LogP contribution in [0.4, 0.5) is 11.4 Å². The molecule has 0 spiro atoms. The molecule has 0 fully saturated rings. The van der Waals surface area contributed by atoms with E-state index >= 15 is 0 Å². The van der Waals surface area contributed by atoms with E-state index in [-0.39, 0.29) is 5.69 Å². The van der Waals surface area contributed by atoms with Crippen LogP contribution in [0.25, 0.3) is 0 Å². The summed E-state index contributed by atoms with van der Waals surface area (Å²) in [6, 6.07) is 6.77. The van der Waals surface area contributed by atoms with Crippen LogP contribution in [0.5, 0.6) is 0 Å². The van der Waals surface area contributed by atoms with E-state index in [9.17, 15) is 10.1 Å². The SMILES string of the molecule is CCNC(=NCCNc1ccc([N+](=O)[O-])cc1)NC(C)CCCN(CC)CC. The number of nitrogens with zero attached hydrogens (tertiary/aromatic N) is 3. The number of guanidine groups is 1. The maximum absolute atomic E-state index is 10.7. The Balaban J connectivity index is 2.38. The zero-order chi connectivity index (χ0) is 20.8. The lowest BCUT2D eigenvalue weighted by Gasteiger charge is -2.21. The highest BCUT2D eigenvalue weighted by molar-refractivity contribution is 5.80. The van der Waals surface area contributed by atoms with Gasteiger partial charge in [-0.15, -0.1) is 0 Å². The van der Waals surface area contributed by atoms with Gasteiger partial charge in [0.1, 0.15) is 0 Å². The summed E-state index contributed by atoms with van der Waals surface area (Å²) in [7, 11) is 0. The number of nitro benzene ring substituents is 1. The number of hydrogen-bond acceptors (Lipinski definition) is 5. The predicted molar refractivity (Wildman–Crippen MR) is 117 cm³/mol. The van der Waals surface area contributed by atoms with Crippen molar-refractivity contribution in [3.8, 4) is 0 Å². The van der Waals surface area contributed by atoms with Crippen LogP contribution >= 0.6 is 0 Å². The number of anilines is 1. The molecule has 0 saturated heterocycles. The van der Waals surface area contributed by atoms with Gasteiger partial charge >= 0.3 is 0 Å². The van der Waals surface area contributed by atoms with Gasteiger partial charge < -0.3 is 20.9 Å². The summed E-state index contributed by atoms with van der Waals surface area (Å²) in [6.07, 6.45) is 2.26. The first kappa shape index (κ1) is 23.7. The minimum Gasteiger partial charge on any atom is -0.383 e. The number of benzene rings is 1. The fourth-order valence-corrected chi connectivity index (χ4v) is 2.86. The Morgan fingerprint density at radius 2 is 1.89 bits per heavy atom. The molecule has 1 atom stereocenters. The predicted octanol–water partition coefficient (Wildman–Crippen LogP) is 3.07. The van der Waals surface area contributed by atoms with Gasteiger partial charge in [0.05, 0.1) is 11.5 Å². The summed E-state index contributed by atoms with van der Waals surface area (Å²) in [4.78, 5) is 17.3. The molecule has 28 heavy (non-hydrogen) atoms. The van der Waals surface area contributed by atoms with E-state index in [1.807, 2.05) is 0 Å². The lowest BCUT2D eigenvalue weighted by molar-refractivity contribution is -0.384. The number of nitrogens with one attached hydrogen (secondary N) is 3. The van der Waals surface area contributed by atoms with Crippen LogP contribution in [0, 0.1) is 10.1 Å². The molecule has 0 bridgehead atoms. The number of hydrogen-bond donors (Lipinski definition) is 3. The Kier molecular flexibility index (Phi) is 11.6. The lowest BCUT2D eigenvalue weighted by Crippen LogP contribution is -2.42. The molecule has 0 aromatic heterocycles. The van der Waals surface area contributed by atoms with E-state index in [1.54, 1.807) is 12.1 Å². The van der Waals surface area contributed by atoms with Crippen LogP contribution in [0.1, 0.15) is 40.5 Å². The van der Waals surface area contributed by atoms with Crippen molar-refractivity contribution in [1.82, 2.24) is 15.5 Å². The average molecular weight is 393 g/mol. The topological polar surface area (TPSA) is 94.8 Å². The van der Waals surface area contributed by atoms with E-state index in [0.717, 1.165) is 50.7 Å². The third-order valence-electron chi connectivity index (χ3n) is 4.52. The fraction of sp³-hybridized carbons (Fsp3) is 0.650. The van der Waals surface area contributed by atoms with Crippen molar-refractivity contribution < 1.29 is 4.92 Å². The normalized spacial score (nSPS) is 12.7. The molecule has 3 N–H and O–H groups in total. The molecule has 1 rings (SSSR count). The van der Waals surface area contributed by atoms with E-state index in [2.05, 4.69) is 53.5 Å². The molecule has 0 aliphatic rings. The lowest BCUT2D eigenvalue weighted by atomic mass is 10.2. The van der Waals surface area contributed by atoms with Crippen molar-refractivity contribution in [2.24, 2.45) is 4.99 Å². The van der Waals surface area contributed by atoms with E-state index in [1.165, 1.54) is 12.1 Å². The summed E-state index contributed by atoms with van der Waals surface area (Å²) in [5, 5.41) is 20.7. The Labute approximate surface area is 168 Å². The summed E-state index contributed by atoms with van der Waals surface area (Å²) >= 11 is 0. The molecular formula is C20H36N6O2. The van der Waals surface area contributed by atoms with Gasteiger partial charge in [-0.25, -0.2) is 0 Å². The molecule has 8 heteroatoms. The molecule has 1 unspecified atom stereocenters. The summed E-state index contributed by atoms with van der Waals surface area (Å²) in [5.74, 6) is 0.823. The van der Waals surface area contributed by atoms with Crippen LogP contribution in [-0.2, 0) is 0 Å². The molecule has 0 aliphatic heterocycles. The smallest absolute Gasteiger partial charge is 0.269 e. The third-order valence-corrected chi connectivity index (χ3v) is 4.52. The molecule has 1 aromatic rings. The minimum absolute atomic E-state index is 0.0946. The van der Waals surface area contributed by atoms with Gasteiger partial charge in [-0.05, 0) is 58.5 Å². The van der Waals surface area contributed by atoms with Crippen LogP contribution < -0.4 is 16.0 Å². The van der Waals surface area contributed by atoms with Gasteiger partial charge in [0.2, 0.25) is 0 Å². The second kappa shape index (κ2) is 13.8. The van der Waals surface area contributed by atoms with Crippen molar-refractivity contribution in [1.29, 1.82) is 0 Å². The first-order valence-electron chi connectivity index (χ1n) is 10.3. The standard InChI is InChI=1S/C20H36N6O2/c1-5-21-20(24-17(4)9-8-16-25(6-2)7-3)23-15-14-22-18-10-12-19(13-11-18)26(27)28/h10-13,17,22H,5-9,14-16H2,1-4H3,(H2,21,23,24). The van der Waals surface area contributed by atoms with Crippen LogP contribution in [0.15, 0.2) is 29.3 Å². The van der Waals surface area contributed by atoms with Gasteiger partial charge in [-0.2, -0.15) is 0 Å². The molecule has 0 saturated carbocycles. The van der Waals surface area contributed by atoms with Crippen LogP contribution in [0.2, 0.25) is 0 Å². The van der Waals surface area contributed by atoms with Gasteiger partial charge in [0.25, 0.3) is 5.69 Å². The molecule has 158 valence electrons. The maximum Gasteiger partial charge on any atom is 0.269 e. The second-order valence-corrected chi connectivity index (χ2v) is 6.71. The van der Waals surface area contributed by atoms with Gasteiger partial charge in [-0.1, -0.05) is 13.8 Å². The summed E-state index contributed by atoms with van der Waals surface area (Å²) in [5.41, 5.74) is 0.945. The van der Waals surface area contributed by atoms with Crippen molar-refractivity contribution in [3.63, 3.8) is 0 Å². The van der Waals surface area contributed by atoms with Crippen LogP contribution in [-0.4, -0.2) is 61.1 Å². The molecule has 0 aliphatic carbocycles. The zero-order valence-electron chi connectivity index (χ0n) is 17.7. The van der Waals surface area contributed by atoms with Gasteiger partial charge in [-0.3, -0.25) is 15.1 Å². The maximum atomic E-state index is 10.7. The molecule has 0 heterocycles. The van der Waals surface area contributed by atoms with E-state index < -0.39 is 4.92 Å². The largest absolute Gasteiger partial charge is 0.383 e. The Bertz CT molecular complexity index is 587. The highest BCUT2D eigenvalue weighted by Gasteiger charge is 2.07. The minimum atomic E-state index is -0.397. The summed E-state index contributed by atoms with van der Waals surface area (Å²) in [6.45, 7) is 14.1. The first-order chi connectivity index (χ1) is 13.5. The zero-order valence-corrected chi connectivity index (χ0v) is 17.7. The van der Waals surface area contributed by atoms with Crippen molar-refractivity contribution >= 4 is 17.3 Å². The van der Waals surface area contributed by atoms with Gasteiger partial charge in [0, 0.05) is 37.0 Å².